The van der Waals surface area contributed by atoms with E-state index in [0.717, 1.165) is 24.8 Å². The van der Waals surface area contributed by atoms with Crippen molar-refractivity contribution >= 4 is 51.8 Å². The van der Waals surface area contributed by atoms with Crippen molar-refractivity contribution in [2.24, 2.45) is 13.0 Å². The van der Waals surface area contributed by atoms with Gasteiger partial charge in [-0.3, -0.25) is 9.13 Å². The van der Waals surface area contributed by atoms with E-state index in [4.69, 9.17) is 16.6 Å². The van der Waals surface area contributed by atoms with Crippen LogP contribution in [0.2, 0.25) is 5.02 Å². The number of rotatable bonds is 3. The SMILES string of the molecule is Cn1c(=O)n(C23CC4CC(C2)SC(C4)C3)c2nc(Nc3cn4ncnc4cc3Cl)ncc21. The minimum Gasteiger partial charge on any atom is -0.322 e. The Morgan fingerprint density at radius 2 is 2.03 bits per heavy atom. The molecule has 6 heterocycles. The number of halogens is 1. The van der Waals surface area contributed by atoms with Crippen LogP contribution in [0.15, 0.2) is 29.6 Å². The molecule has 2 aliphatic carbocycles. The molecular formula is C21H21ClN8OS. The van der Waals surface area contributed by atoms with E-state index >= 15 is 0 Å². The molecule has 4 fully saturated rings. The quantitative estimate of drug-likeness (QED) is 0.492. The Labute approximate surface area is 192 Å². The van der Waals surface area contributed by atoms with Crippen LogP contribution in [0.3, 0.4) is 0 Å². The van der Waals surface area contributed by atoms with Crippen LogP contribution in [-0.2, 0) is 12.6 Å². The molecule has 4 aromatic rings. The number of fused-ring (bicyclic) bond motifs is 2. The van der Waals surface area contributed by atoms with E-state index in [0.29, 0.717) is 44.4 Å². The molecule has 2 saturated heterocycles. The Hall–Kier alpha value is -2.59. The molecule has 2 saturated carbocycles. The molecule has 1 N–H and O–H groups in total. The molecule has 8 rings (SSSR count). The van der Waals surface area contributed by atoms with Gasteiger partial charge in [0.1, 0.15) is 11.8 Å². The predicted octanol–water partition coefficient (Wildman–Crippen LogP) is 3.34. The second kappa shape index (κ2) is 6.48. The number of nitrogens with zero attached hydrogens (tertiary/aromatic N) is 7. The number of aromatic nitrogens is 7. The monoisotopic (exact) mass is 468 g/mol. The van der Waals surface area contributed by atoms with Gasteiger partial charge in [-0.2, -0.15) is 21.8 Å². The van der Waals surface area contributed by atoms with Crippen LogP contribution in [0, 0.1) is 5.92 Å². The summed E-state index contributed by atoms with van der Waals surface area (Å²) < 4.78 is 5.31. The van der Waals surface area contributed by atoms with Gasteiger partial charge < -0.3 is 5.32 Å². The van der Waals surface area contributed by atoms with E-state index in [2.05, 4.69) is 32.1 Å². The molecule has 2 unspecified atom stereocenters. The second-order valence-electron chi connectivity index (χ2n) is 9.36. The van der Waals surface area contributed by atoms with Crippen molar-refractivity contribution in [3.05, 3.63) is 40.3 Å². The number of aryl methyl sites for hydroxylation is 1. The maximum absolute atomic E-state index is 13.4. The van der Waals surface area contributed by atoms with Crippen LogP contribution in [0.4, 0.5) is 11.6 Å². The average molecular weight is 469 g/mol. The molecule has 164 valence electrons. The summed E-state index contributed by atoms with van der Waals surface area (Å²) in [6.45, 7) is 0. The predicted molar refractivity (Wildman–Crippen MR) is 124 cm³/mol. The third-order valence-corrected chi connectivity index (χ3v) is 9.15. The zero-order valence-electron chi connectivity index (χ0n) is 17.4. The van der Waals surface area contributed by atoms with E-state index in [-0.39, 0.29) is 11.2 Å². The number of thioether (sulfide) groups is 1. The summed E-state index contributed by atoms with van der Waals surface area (Å²) in [6, 6.07) is 1.74. The lowest BCUT2D eigenvalue weighted by Gasteiger charge is -2.56. The number of nitrogens with one attached hydrogen (secondary N) is 1. The first-order valence-electron chi connectivity index (χ1n) is 10.9. The molecule has 9 nitrogen and oxygen atoms in total. The summed E-state index contributed by atoms with van der Waals surface area (Å²) >= 11 is 8.57. The summed E-state index contributed by atoms with van der Waals surface area (Å²) in [6.07, 6.45) is 10.7. The van der Waals surface area contributed by atoms with Crippen LogP contribution in [0.5, 0.6) is 0 Å². The molecule has 2 aliphatic heterocycles. The van der Waals surface area contributed by atoms with Crippen molar-refractivity contribution in [1.29, 1.82) is 0 Å². The van der Waals surface area contributed by atoms with Gasteiger partial charge in [0, 0.05) is 23.6 Å². The average Bonchev–Trinajstić information content (AvgIpc) is 3.29. The van der Waals surface area contributed by atoms with Crippen molar-refractivity contribution < 1.29 is 0 Å². The lowest BCUT2D eigenvalue weighted by molar-refractivity contribution is 0.0820. The Bertz CT molecular complexity index is 1420. The highest BCUT2D eigenvalue weighted by atomic mass is 35.5. The van der Waals surface area contributed by atoms with E-state index in [1.165, 1.54) is 19.2 Å². The molecule has 4 aromatic heterocycles. The minimum absolute atomic E-state index is 0.000433. The van der Waals surface area contributed by atoms with Crippen LogP contribution >= 0.6 is 23.4 Å². The molecule has 2 atom stereocenters. The van der Waals surface area contributed by atoms with Crippen LogP contribution < -0.4 is 11.0 Å². The zero-order chi connectivity index (χ0) is 21.6. The van der Waals surface area contributed by atoms with Gasteiger partial charge in [0.25, 0.3) is 0 Å². The fourth-order valence-electron chi connectivity index (χ4n) is 6.21. The van der Waals surface area contributed by atoms with Gasteiger partial charge in [0.15, 0.2) is 11.3 Å². The van der Waals surface area contributed by atoms with Gasteiger partial charge in [-0.1, -0.05) is 11.6 Å². The van der Waals surface area contributed by atoms with E-state index in [9.17, 15) is 4.79 Å². The summed E-state index contributed by atoms with van der Waals surface area (Å²) in [4.78, 5) is 26.9. The first-order chi connectivity index (χ1) is 15.5. The molecule has 0 spiro atoms. The van der Waals surface area contributed by atoms with Crippen LogP contribution in [-0.4, -0.2) is 44.2 Å². The maximum atomic E-state index is 13.4. The molecule has 0 aromatic carbocycles. The third-order valence-electron chi connectivity index (χ3n) is 7.35. The van der Waals surface area contributed by atoms with Gasteiger partial charge >= 0.3 is 5.69 Å². The number of hydrogen-bond donors (Lipinski definition) is 1. The summed E-state index contributed by atoms with van der Waals surface area (Å²) in [5.74, 6) is 1.11. The Kier molecular flexibility index (Phi) is 3.83. The highest BCUT2D eigenvalue weighted by Gasteiger charge is 2.53. The summed E-state index contributed by atoms with van der Waals surface area (Å²) in [7, 11) is 1.81. The van der Waals surface area contributed by atoms with Crippen molar-refractivity contribution in [1.82, 2.24) is 33.7 Å². The highest BCUT2D eigenvalue weighted by Crippen LogP contribution is 2.59. The van der Waals surface area contributed by atoms with Crippen molar-refractivity contribution in [2.75, 3.05) is 5.32 Å². The van der Waals surface area contributed by atoms with Gasteiger partial charge in [-0.05, 0) is 38.0 Å². The second-order valence-corrected chi connectivity index (χ2v) is 11.4. The molecular weight excluding hydrogens is 448 g/mol. The third kappa shape index (κ3) is 2.62. The van der Waals surface area contributed by atoms with E-state index < -0.39 is 0 Å². The number of pyridine rings is 1. The van der Waals surface area contributed by atoms with Crippen molar-refractivity contribution in [3.63, 3.8) is 0 Å². The molecule has 0 radical (unpaired) electrons. The number of hydrogen-bond acceptors (Lipinski definition) is 7. The van der Waals surface area contributed by atoms with Gasteiger partial charge in [-0.25, -0.2) is 19.3 Å². The number of anilines is 2. The molecule has 32 heavy (non-hydrogen) atoms. The topological polar surface area (TPSA) is 94.9 Å². The molecule has 4 bridgehead atoms. The Balaban J connectivity index is 1.35. The number of imidazole rings is 1. The largest absolute Gasteiger partial charge is 0.330 e. The molecule has 11 heteroatoms. The summed E-state index contributed by atoms with van der Waals surface area (Å²) in [5, 5.41) is 9.16. The lowest BCUT2D eigenvalue weighted by Crippen LogP contribution is -2.55. The Morgan fingerprint density at radius 3 is 2.81 bits per heavy atom. The van der Waals surface area contributed by atoms with Crippen molar-refractivity contribution in [3.8, 4) is 0 Å². The minimum atomic E-state index is -0.138. The first-order valence-corrected chi connectivity index (χ1v) is 12.2. The normalized spacial score (nSPS) is 28.8. The Morgan fingerprint density at radius 1 is 1.22 bits per heavy atom. The first kappa shape index (κ1) is 18.9. The smallest absolute Gasteiger partial charge is 0.322 e. The fraction of sp³-hybridized carbons (Fsp3) is 0.476. The van der Waals surface area contributed by atoms with Crippen molar-refractivity contribution in [2.45, 2.75) is 48.1 Å². The highest BCUT2D eigenvalue weighted by molar-refractivity contribution is 8.00. The van der Waals surface area contributed by atoms with Crippen LogP contribution in [0.1, 0.15) is 32.1 Å². The standard InChI is InChI=1S/C21H21ClN8OS/c1-28-16-8-23-19(26-15-9-29-17(4-14(15)22)24-10-25-29)27-18(16)30(20(28)31)21-5-11-2-12(6-21)32-13(3-11)7-21/h4,8-13H,2-3,5-7H2,1H3,(H,23,26,27). The lowest BCUT2D eigenvalue weighted by atomic mass is 9.66. The summed E-state index contributed by atoms with van der Waals surface area (Å²) in [5.41, 5.74) is 2.59. The van der Waals surface area contributed by atoms with E-state index in [1.807, 2.05) is 11.6 Å². The fourth-order valence-corrected chi connectivity index (χ4v) is 8.53. The van der Waals surface area contributed by atoms with Crippen LogP contribution in [0.25, 0.3) is 16.8 Å². The van der Waals surface area contributed by atoms with Gasteiger partial charge in [-0.15, -0.1) is 0 Å². The van der Waals surface area contributed by atoms with Gasteiger partial charge in [0.05, 0.1) is 28.6 Å². The molecule has 4 aliphatic rings. The maximum Gasteiger partial charge on any atom is 0.330 e. The van der Waals surface area contributed by atoms with E-state index in [1.54, 1.807) is 27.5 Å². The molecule has 0 amide bonds. The zero-order valence-corrected chi connectivity index (χ0v) is 19.0. The van der Waals surface area contributed by atoms with Gasteiger partial charge in [0.2, 0.25) is 5.95 Å².